The van der Waals surface area contributed by atoms with Gasteiger partial charge in [-0.15, -0.1) is 5.11 Å². The summed E-state index contributed by atoms with van der Waals surface area (Å²) in [5, 5.41) is 19.4. The minimum Gasteiger partial charge on any atom is -0.744 e. The number of phenols is 1. The van der Waals surface area contributed by atoms with Crippen LogP contribution < -0.4 is 94.0 Å². The molecule has 186 valence electrons. The molecule has 0 bridgehead atoms. The van der Waals surface area contributed by atoms with Crippen molar-refractivity contribution >= 4 is 64.1 Å². The second kappa shape index (κ2) is 13.9. The van der Waals surface area contributed by atoms with Crippen LogP contribution in [0.2, 0.25) is 0 Å². The standard InChI is InChI=1S/C18H15N3O11S3.3Na/c1-9(22)19-14-8-13(34(27,28)29)6-10-7-15(35(30,31)32)17(18(23)16(10)14)21-20-11-2-4-12(5-3-11)33(24,25)26;;;/h2-8,23H,1H3,(H,19,22)(H,24,25,26)(H,27,28,29)(H,30,31,32);;;/q;3*+1/p-3. The molecule has 0 aliphatic heterocycles. The summed E-state index contributed by atoms with van der Waals surface area (Å²) in [6, 6.07) is 5.90. The second-order valence-electron chi connectivity index (χ2n) is 6.88. The molecule has 0 aliphatic rings. The zero-order valence-electron chi connectivity index (χ0n) is 20.2. The van der Waals surface area contributed by atoms with Crippen LogP contribution in [0.5, 0.6) is 5.75 Å². The molecule has 3 aromatic carbocycles. The minimum absolute atomic E-state index is 0. The van der Waals surface area contributed by atoms with Gasteiger partial charge in [0.1, 0.15) is 36.0 Å². The first-order chi connectivity index (χ1) is 16.0. The Hall–Kier alpha value is -0.480. The van der Waals surface area contributed by atoms with Crippen molar-refractivity contribution in [2.75, 3.05) is 5.32 Å². The van der Waals surface area contributed by atoms with Crippen LogP contribution in [-0.2, 0) is 35.1 Å². The average Bonchev–Trinajstić information content (AvgIpc) is 2.70. The van der Waals surface area contributed by atoms with E-state index in [0.717, 1.165) is 37.3 Å². The van der Waals surface area contributed by atoms with Crippen molar-refractivity contribution in [3.63, 3.8) is 0 Å². The SMILES string of the molecule is CC(=O)Nc1cc(S(=O)(=O)[O-])cc2cc(S(=O)(=O)[O-])c(N=Nc3ccc(S(=O)(=O)[O-])cc3)c(O)c12.[Na+].[Na+].[Na+]. The van der Waals surface area contributed by atoms with Crippen molar-refractivity contribution < 1.29 is 137 Å². The van der Waals surface area contributed by atoms with E-state index < -0.39 is 73.5 Å². The predicted octanol–water partition coefficient (Wildman–Crippen LogP) is -7.36. The molecular formula is C18H12N3Na3O11S3. The third-order valence-electron chi connectivity index (χ3n) is 4.38. The minimum atomic E-state index is -5.36. The summed E-state index contributed by atoms with van der Waals surface area (Å²) in [6.07, 6.45) is 0. The van der Waals surface area contributed by atoms with Crippen molar-refractivity contribution in [2.45, 2.75) is 21.6 Å². The molecule has 2 N–H and O–H groups in total. The summed E-state index contributed by atoms with van der Waals surface area (Å²) in [7, 11) is -15.2. The number of anilines is 1. The molecule has 0 fully saturated rings. The first kappa shape index (κ1) is 37.5. The van der Waals surface area contributed by atoms with Gasteiger partial charge in [-0.05, 0) is 47.9 Å². The second-order valence-corrected chi connectivity index (χ2v) is 11.0. The van der Waals surface area contributed by atoms with E-state index in [0.29, 0.717) is 12.1 Å². The number of carbonyl (C=O) groups is 1. The van der Waals surface area contributed by atoms with Gasteiger partial charge >= 0.3 is 88.7 Å². The Labute approximate surface area is 283 Å². The van der Waals surface area contributed by atoms with Crippen molar-refractivity contribution in [3.8, 4) is 5.75 Å². The van der Waals surface area contributed by atoms with E-state index in [-0.39, 0.29) is 99.7 Å². The number of nitrogens with zero attached hydrogens (tertiary/aromatic N) is 2. The smallest absolute Gasteiger partial charge is 0.744 e. The molecule has 14 nitrogen and oxygen atoms in total. The zero-order chi connectivity index (χ0) is 26.3. The maximum atomic E-state index is 11.8. The van der Waals surface area contributed by atoms with Crippen LogP contribution in [0.15, 0.2) is 67.4 Å². The third kappa shape index (κ3) is 9.02. The molecule has 0 spiro atoms. The third-order valence-corrected chi connectivity index (χ3v) is 6.90. The van der Waals surface area contributed by atoms with Gasteiger partial charge in [0, 0.05) is 12.3 Å². The van der Waals surface area contributed by atoms with E-state index >= 15 is 0 Å². The van der Waals surface area contributed by atoms with Gasteiger partial charge in [0.25, 0.3) is 0 Å². The Bertz CT molecular complexity index is 1730. The normalized spacial score (nSPS) is 11.8. The van der Waals surface area contributed by atoms with Crippen molar-refractivity contribution in [2.24, 2.45) is 10.2 Å². The molecule has 0 atom stereocenters. The molecule has 0 radical (unpaired) electrons. The molecular weight excluding hydrogens is 599 g/mol. The van der Waals surface area contributed by atoms with Crippen molar-refractivity contribution in [1.82, 2.24) is 0 Å². The number of amides is 1. The first-order valence-corrected chi connectivity index (χ1v) is 13.2. The fraction of sp³-hybridized carbons (Fsp3) is 0.0556. The Balaban J connectivity index is 0.00000456. The maximum absolute atomic E-state index is 11.8. The molecule has 0 unspecified atom stereocenters. The van der Waals surface area contributed by atoms with E-state index in [1.807, 2.05) is 0 Å². The van der Waals surface area contributed by atoms with E-state index in [1.165, 1.54) is 0 Å². The van der Waals surface area contributed by atoms with Gasteiger partial charge in [0.05, 0.1) is 26.1 Å². The molecule has 3 aromatic rings. The van der Waals surface area contributed by atoms with Crippen LogP contribution in [0, 0.1) is 0 Å². The van der Waals surface area contributed by atoms with Crippen LogP contribution in [-0.4, -0.2) is 49.9 Å². The number of aromatic hydroxyl groups is 1. The largest absolute Gasteiger partial charge is 1.00 e. The van der Waals surface area contributed by atoms with E-state index in [2.05, 4.69) is 15.5 Å². The quantitative estimate of drug-likeness (QED) is 0.151. The molecule has 3 rings (SSSR count). The van der Waals surface area contributed by atoms with Crippen LogP contribution in [0.3, 0.4) is 0 Å². The number of benzene rings is 3. The Kier molecular flexibility index (Phi) is 13.8. The predicted molar refractivity (Wildman–Crippen MR) is 114 cm³/mol. The van der Waals surface area contributed by atoms with Gasteiger partial charge in [0.2, 0.25) is 5.91 Å². The number of hydrogen-bond acceptors (Lipinski definition) is 13. The summed E-state index contributed by atoms with van der Waals surface area (Å²) in [6.45, 7) is 1.03. The molecule has 38 heavy (non-hydrogen) atoms. The van der Waals surface area contributed by atoms with Crippen LogP contribution in [0.25, 0.3) is 10.8 Å². The summed E-state index contributed by atoms with van der Waals surface area (Å²) >= 11 is 0. The van der Waals surface area contributed by atoms with Gasteiger partial charge in [-0.1, -0.05) is 0 Å². The zero-order valence-corrected chi connectivity index (χ0v) is 28.6. The number of hydrogen-bond donors (Lipinski definition) is 2. The van der Waals surface area contributed by atoms with Crippen molar-refractivity contribution in [1.29, 1.82) is 0 Å². The van der Waals surface area contributed by atoms with Crippen molar-refractivity contribution in [3.05, 3.63) is 42.5 Å². The number of rotatable bonds is 6. The van der Waals surface area contributed by atoms with Gasteiger partial charge < -0.3 is 24.1 Å². The molecule has 0 heterocycles. The molecule has 0 saturated heterocycles. The molecule has 0 saturated carbocycles. The van der Waals surface area contributed by atoms with Gasteiger partial charge in [-0.25, -0.2) is 25.3 Å². The number of azo groups is 1. The fourth-order valence-corrected chi connectivity index (χ4v) is 4.62. The number of phenolic OH excluding ortho intramolecular Hbond substituents is 1. The molecule has 1 amide bonds. The van der Waals surface area contributed by atoms with Gasteiger partial charge in [0.15, 0.2) is 5.75 Å². The van der Waals surface area contributed by atoms with Gasteiger partial charge in [-0.3, -0.25) is 4.79 Å². The number of fused-ring (bicyclic) bond motifs is 1. The Morgan fingerprint density at radius 2 is 1.32 bits per heavy atom. The topological polar surface area (TPSA) is 246 Å². The molecule has 0 aromatic heterocycles. The summed E-state index contributed by atoms with van der Waals surface area (Å²) < 4.78 is 103. The maximum Gasteiger partial charge on any atom is 1.00 e. The molecule has 0 aliphatic carbocycles. The number of nitrogens with one attached hydrogen (secondary N) is 1. The van der Waals surface area contributed by atoms with Crippen LogP contribution in [0.1, 0.15) is 6.92 Å². The van der Waals surface area contributed by atoms with Crippen LogP contribution >= 0.6 is 0 Å². The molecule has 20 heteroatoms. The monoisotopic (exact) mass is 611 g/mol. The summed E-state index contributed by atoms with van der Waals surface area (Å²) in [4.78, 5) is 8.97. The van der Waals surface area contributed by atoms with Crippen LogP contribution in [0.4, 0.5) is 17.1 Å². The summed E-state index contributed by atoms with van der Waals surface area (Å²) in [5.41, 5.74) is -1.41. The fourth-order valence-electron chi connectivity index (χ4n) is 2.97. The van der Waals surface area contributed by atoms with Gasteiger partial charge in [-0.2, -0.15) is 5.11 Å². The Morgan fingerprint density at radius 1 is 0.789 bits per heavy atom. The van der Waals surface area contributed by atoms with E-state index in [4.69, 9.17) is 0 Å². The Morgan fingerprint density at radius 3 is 1.76 bits per heavy atom. The summed E-state index contributed by atoms with van der Waals surface area (Å²) in [5.74, 6) is -1.75. The first-order valence-electron chi connectivity index (χ1n) is 8.99. The number of carbonyl (C=O) groups excluding carboxylic acids is 1. The van der Waals surface area contributed by atoms with E-state index in [9.17, 15) is 48.8 Å². The average molecular weight is 611 g/mol. The van der Waals surface area contributed by atoms with E-state index in [1.54, 1.807) is 0 Å².